The number of amides is 4. The van der Waals surface area contributed by atoms with Gasteiger partial charge in [-0.05, 0) is 0 Å². The SMILES string of the molecule is CC(=O)N[C@@H]1[C@@H](O)[C@H](O[C@@H]2O[C@H](CO[C@H]3O[C@H](CO[C@@H]4O[C@H](CO)[C@@H](O[C@@H]5O[C@H](CO)[C@H](O)[C@H](O)[C@H]5O)[C@H](O)[C@H]4NC(C)=O)[C@@H](O)[C@H](O)[C@@H]3O[C@@H]3O[C@H](CO)[C@@H](O[C@@H]4O[C@H](CO)[C@H](O)[C@H](O)[C@H]4O)[C@H](O)[C@H]3NC(C)=O)[C@@H](O)[C@H](O[C@H]3O[C@H](CO)[C@@H](O[C@@H]4O[C@H](CO)[C@@H](O[C@@H]5O[C@H](CO)[C@H](O)[C@H](O)[C@H]5O)[C@H](O)[C@H]4NC(C)=O)[C@H](O)[C@@H]3O)[C@@H]2O)[C@@H](CO)O[C@H]1O. The molecule has 10 rings (SSSR count). The van der Waals surface area contributed by atoms with Gasteiger partial charge in [-0.15, -0.1) is 0 Å². The molecule has 50 atom stereocenters. The molecule has 32 N–H and O–H groups in total. The molecule has 0 aliphatic carbocycles. The molecule has 4 amide bonds. The molecule has 55 nitrogen and oxygen atoms in total. The first kappa shape index (κ1) is 101. The van der Waals surface area contributed by atoms with E-state index in [4.69, 9.17) is 90.0 Å². The molecule has 0 saturated carbocycles. The number of ether oxygens (including phenoxy) is 19. The van der Waals surface area contributed by atoms with Crippen molar-refractivity contribution in [3.8, 4) is 0 Å². The van der Waals surface area contributed by atoms with Crippen LogP contribution in [-0.4, -0.2) is 539 Å². The average molecular weight is 1800 g/mol. The van der Waals surface area contributed by atoms with E-state index < -0.39 is 397 Å². The summed E-state index contributed by atoms with van der Waals surface area (Å²) in [5, 5.41) is 320. The van der Waals surface area contributed by atoms with Gasteiger partial charge in [0.15, 0.2) is 62.9 Å². The Morgan fingerprint density at radius 1 is 0.211 bits per heavy atom. The van der Waals surface area contributed by atoms with Gasteiger partial charge < -0.3 is 254 Å². The second-order valence-electron chi connectivity index (χ2n) is 31.0. The zero-order valence-corrected chi connectivity index (χ0v) is 65.9. The molecule has 10 saturated heterocycles. The summed E-state index contributed by atoms with van der Waals surface area (Å²) in [4.78, 5) is 51.1. The van der Waals surface area contributed by atoms with Gasteiger partial charge in [0.05, 0.1) is 66.1 Å². The lowest BCUT2D eigenvalue weighted by atomic mass is 9.94. The molecular formula is C68H114N4O51. The van der Waals surface area contributed by atoms with Gasteiger partial charge in [0.1, 0.15) is 244 Å². The summed E-state index contributed by atoms with van der Waals surface area (Å²) in [5.74, 6) is -3.67. The van der Waals surface area contributed by atoms with Crippen LogP contribution in [0.3, 0.4) is 0 Å². The van der Waals surface area contributed by atoms with Gasteiger partial charge in [-0.1, -0.05) is 0 Å². The molecule has 10 heterocycles. The lowest BCUT2D eigenvalue weighted by molar-refractivity contribution is -0.393. The summed E-state index contributed by atoms with van der Waals surface area (Å²) < 4.78 is 112. The fraction of sp³-hybridized carbons (Fsp3) is 0.941. The summed E-state index contributed by atoms with van der Waals surface area (Å²) >= 11 is 0. The summed E-state index contributed by atoms with van der Waals surface area (Å²) in [6, 6.07) is -7.46. The van der Waals surface area contributed by atoms with E-state index in [0.717, 1.165) is 27.7 Å². The molecule has 0 radical (unpaired) electrons. The zero-order valence-electron chi connectivity index (χ0n) is 65.9. The third kappa shape index (κ3) is 22.4. The number of aliphatic hydroxyl groups is 28. The largest absolute Gasteiger partial charge is 0.394 e. The van der Waals surface area contributed by atoms with Crippen molar-refractivity contribution in [2.75, 3.05) is 66.1 Å². The summed E-state index contributed by atoms with van der Waals surface area (Å²) in [6.07, 6.45) is -95.8. The molecule has 0 unspecified atom stereocenters. The van der Waals surface area contributed by atoms with Crippen LogP contribution >= 0.6 is 0 Å². The van der Waals surface area contributed by atoms with Crippen molar-refractivity contribution >= 4 is 23.6 Å². The van der Waals surface area contributed by atoms with Crippen LogP contribution < -0.4 is 21.3 Å². The van der Waals surface area contributed by atoms with Gasteiger partial charge in [0.2, 0.25) is 23.6 Å². The third-order valence-electron chi connectivity index (χ3n) is 22.5. The van der Waals surface area contributed by atoms with Gasteiger partial charge in [-0.25, -0.2) is 0 Å². The maximum Gasteiger partial charge on any atom is 0.217 e. The number of hydrogen-bond donors (Lipinski definition) is 32. The fourth-order valence-electron chi connectivity index (χ4n) is 15.9. The second-order valence-corrected chi connectivity index (χ2v) is 31.0. The van der Waals surface area contributed by atoms with Gasteiger partial charge in [0, 0.05) is 27.7 Å². The minimum absolute atomic E-state index is 0.873. The first-order valence-electron chi connectivity index (χ1n) is 39.1. The molecular weight excluding hydrogens is 1690 g/mol. The van der Waals surface area contributed by atoms with E-state index in [1.165, 1.54) is 0 Å². The lowest BCUT2D eigenvalue weighted by Crippen LogP contribution is -2.70. The van der Waals surface area contributed by atoms with Crippen LogP contribution in [0.15, 0.2) is 0 Å². The van der Waals surface area contributed by atoms with Crippen LogP contribution in [0.2, 0.25) is 0 Å². The Kier molecular flexibility index (Phi) is 36.4. The van der Waals surface area contributed by atoms with E-state index in [1.807, 2.05) is 0 Å². The maximum absolute atomic E-state index is 13.1. The van der Waals surface area contributed by atoms with E-state index in [2.05, 4.69) is 21.3 Å². The monoisotopic (exact) mass is 1800 g/mol. The fourth-order valence-corrected chi connectivity index (χ4v) is 15.9. The highest BCUT2D eigenvalue weighted by Gasteiger charge is 2.61. The van der Waals surface area contributed by atoms with Crippen molar-refractivity contribution in [1.29, 1.82) is 0 Å². The predicted octanol–water partition coefficient (Wildman–Crippen LogP) is -22.2. The molecule has 0 aromatic rings. The van der Waals surface area contributed by atoms with Crippen LogP contribution in [0.5, 0.6) is 0 Å². The number of hydrogen-bond acceptors (Lipinski definition) is 51. The van der Waals surface area contributed by atoms with Crippen LogP contribution in [-0.2, 0) is 109 Å². The van der Waals surface area contributed by atoms with E-state index in [9.17, 15) is 162 Å². The van der Waals surface area contributed by atoms with Crippen molar-refractivity contribution in [2.45, 2.75) is 335 Å². The topological polar surface area (TPSA) is 858 Å². The minimum Gasteiger partial charge on any atom is -0.394 e. The standard InChI is InChI=1S/C68H114N4O51/c1-15(81)69-29-38(90)52(22(8-76)107-59(29)104)121-67-51(103)57(122-66-50(102)46(98)56(26(12-80)114-66)117-61-31(71-17(3)83)40(92)54(24(10-78)112-61)119-64-48(100)43(95)34(86)20(6-74)109-64)37(89)28(115-67)14-106-68-58(123-62-32(72-18(4)84)41(93)55(25(11-79)113-62)120-65-49(101)44(96)35(87)21(7-75)110-65)45(97)36(88)27(116-68)13-105-60-30(70-16(2)82)39(91)53(23(9-77)111-60)118-63-47(99)42(94)33(85)19(5-73)108-63/h19-68,73-80,85-104H,5-14H2,1-4H3,(H,69,81)(H,70,82)(H,71,83)(H,72,84)/t19-,20-,21-,22-,23-,24-,25-,26-,27-,28-,29-,30-,31-,32-,33+,34+,35+,36-,37-,38-,39-,40-,41-,42+,43+,44+,45+,46-,47-,48-,49-,50+,51+,52-,53-,54-,55-,56-,57+,58+,59-,60-,61+,62+,63+,64+,65+,66-,67+,68+/m1/s1. The van der Waals surface area contributed by atoms with Crippen LogP contribution in [0.4, 0.5) is 0 Å². The molecule has 0 spiro atoms. The summed E-state index contributed by atoms with van der Waals surface area (Å²) in [5.41, 5.74) is 0. The van der Waals surface area contributed by atoms with E-state index in [1.54, 1.807) is 0 Å². The first-order valence-corrected chi connectivity index (χ1v) is 39.1. The Bertz CT molecular complexity index is 3300. The van der Waals surface area contributed by atoms with Gasteiger partial charge in [0.25, 0.3) is 0 Å². The molecule has 10 fully saturated rings. The minimum atomic E-state index is -2.52. The van der Waals surface area contributed by atoms with Crippen LogP contribution in [0.1, 0.15) is 27.7 Å². The molecule has 10 aliphatic heterocycles. The Hall–Kier alpha value is -4.00. The number of carbonyl (C=O) groups is 4. The molecule has 712 valence electrons. The van der Waals surface area contributed by atoms with Crippen molar-refractivity contribution in [1.82, 2.24) is 21.3 Å². The lowest BCUT2D eigenvalue weighted by Gasteiger charge is -2.50. The molecule has 0 aromatic heterocycles. The quantitative estimate of drug-likeness (QED) is 0.0297. The second kappa shape index (κ2) is 44.3. The number of aliphatic hydroxyl groups excluding tert-OH is 28. The molecule has 123 heavy (non-hydrogen) atoms. The van der Waals surface area contributed by atoms with Gasteiger partial charge >= 0.3 is 0 Å². The maximum atomic E-state index is 13.1. The molecule has 0 aromatic carbocycles. The highest BCUT2D eigenvalue weighted by Crippen LogP contribution is 2.40. The highest BCUT2D eigenvalue weighted by molar-refractivity contribution is 5.74. The van der Waals surface area contributed by atoms with Crippen LogP contribution in [0.25, 0.3) is 0 Å². The smallest absolute Gasteiger partial charge is 0.217 e. The Morgan fingerprint density at radius 3 is 0.805 bits per heavy atom. The van der Waals surface area contributed by atoms with E-state index in [0.29, 0.717) is 0 Å². The van der Waals surface area contributed by atoms with Gasteiger partial charge in [-0.2, -0.15) is 0 Å². The van der Waals surface area contributed by atoms with Crippen molar-refractivity contribution in [2.24, 2.45) is 0 Å². The van der Waals surface area contributed by atoms with E-state index >= 15 is 0 Å². The number of nitrogens with one attached hydrogen (secondary N) is 4. The third-order valence-corrected chi connectivity index (χ3v) is 22.5. The van der Waals surface area contributed by atoms with Crippen molar-refractivity contribution in [3.05, 3.63) is 0 Å². The molecule has 55 heteroatoms. The Labute approximate surface area is 695 Å². The Balaban J connectivity index is 0.959. The molecule has 0 bridgehead atoms. The summed E-state index contributed by atoms with van der Waals surface area (Å²) in [6.45, 7) is -7.13. The normalized spacial score (nSPS) is 49.4. The van der Waals surface area contributed by atoms with Gasteiger partial charge in [-0.3, -0.25) is 19.2 Å². The number of rotatable bonds is 32. The van der Waals surface area contributed by atoms with Crippen molar-refractivity contribution < 1.29 is 252 Å². The summed E-state index contributed by atoms with van der Waals surface area (Å²) in [7, 11) is 0. The molecule has 10 aliphatic rings. The van der Waals surface area contributed by atoms with Crippen molar-refractivity contribution in [3.63, 3.8) is 0 Å². The Morgan fingerprint density at radius 2 is 0.439 bits per heavy atom. The average Bonchev–Trinajstić information content (AvgIpc) is 0.777. The first-order chi connectivity index (χ1) is 58.2. The van der Waals surface area contributed by atoms with Crippen LogP contribution in [0, 0.1) is 0 Å². The highest BCUT2D eigenvalue weighted by atomic mass is 16.8. The predicted molar refractivity (Wildman–Crippen MR) is 376 cm³/mol. The number of carbonyl (C=O) groups excluding carboxylic acids is 4. The zero-order chi connectivity index (χ0) is 90.5. The van der Waals surface area contributed by atoms with E-state index in [-0.39, 0.29) is 0 Å².